The van der Waals surface area contributed by atoms with Crippen LogP contribution >= 0.6 is 7.82 Å². The molecule has 74 heavy (non-hydrogen) atoms. The van der Waals surface area contributed by atoms with E-state index in [0.29, 0.717) is 23.9 Å². The molecular formula is C64H101NO8P+. The monoisotopic (exact) mass is 1040 g/mol. The Kier molecular flexibility index (Phi) is 49.9. The number of phosphoric acid groups is 1. The summed E-state index contributed by atoms with van der Waals surface area (Å²) in [5.74, 6) is -0.897. The SMILES string of the molecule is CC/C=C\C/C=C\C/C=C\C/C=C\C/C=C\C/C=C\C/C=C\C/C=C\CCCCC(=O)OC(COC(=O)CCCCCC/C=C\C/C=C\C/C=C\C/C=C\C/C=C\C/C=C\CC)COP(=O)(O)OCC[N+](C)(C)C. The van der Waals surface area contributed by atoms with E-state index in [1.165, 1.54) is 0 Å². The zero-order valence-electron chi connectivity index (χ0n) is 46.7. The van der Waals surface area contributed by atoms with E-state index in [1.807, 2.05) is 21.1 Å². The molecular weight excluding hydrogens is 942 g/mol. The highest BCUT2D eigenvalue weighted by Crippen LogP contribution is 2.43. The van der Waals surface area contributed by atoms with E-state index in [0.717, 1.165) is 128 Å². The first-order valence-corrected chi connectivity index (χ1v) is 29.4. The van der Waals surface area contributed by atoms with Gasteiger partial charge in [0.25, 0.3) is 0 Å². The molecule has 0 fully saturated rings. The van der Waals surface area contributed by atoms with E-state index in [2.05, 4.69) is 184 Å². The number of esters is 2. The van der Waals surface area contributed by atoms with Crippen LogP contribution in [-0.2, 0) is 32.7 Å². The highest BCUT2D eigenvalue weighted by molar-refractivity contribution is 7.47. The molecule has 2 atom stereocenters. The molecule has 0 aliphatic rings. The van der Waals surface area contributed by atoms with Gasteiger partial charge < -0.3 is 18.9 Å². The van der Waals surface area contributed by atoms with E-state index in [4.69, 9.17) is 18.5 Å². The van der Waals surface area contributed by atoms with Gasteiger partial charge in [0.15, 0.2) is 6.10 Å². The van der Waals surface area contributed by atoms with E-state index in [1.54, 1.807) is 0 Å². The minimum absolute atomic E-state index is 0.00711. The molecule has 0 heterocycles. The number of allylic oxidation sites excluding steroid dienone is 28. The van der Waals surface area contributed by atoms with Crippen LogP contribution in [0.25, 0.3) is 0 Å². The van der Waals surface area contributed by atoms with Crippen molar-refractivity contribution in [3.63, 3.8) is 0 Å². The van der Waals surface area contributed by atoms with Crippen LogP contribution < -0.4 is 0 Å². The summed E-state index contributed by atoms with van der Waals surface area (Å²) in [5.41, 5.74) is 0. The van der Waals surface area contributed by atoms with Gasteiger partial charge in [-0.05, 0) is 128 Å². The van der Waals surface area contributed by atoms with Gasteiger partial charge in [-0.2, -0.15) is 0 Å². The first-order chi connectivity index (χ1) is 36.0. The quantitative estimate of drug-likeness (QED) is 0.0211. The van der Waals surface area contributed by atoms with Crippen LogP contribution in [0.1, 0.15) is 168 Å². The molecule has 414 valence electrons. The number of ether oxygens (including phenoxy) is 2. The third-order valence-corrected chi connectivity index (χ3v) is 11.7. The van der Waals surface area contributed by atoms with Crippen molar-refractivity contribution in [3.05, 3.63) is 170 Å². The number of unbranched alkanes of at least 4 members (excludes halogenated alkanes) is 6. The molecule has 0 saturated heterocycles. The van der Waals surface area contributed by atoms with Crippen LogP contribution in [0.3, 0.4) is 0 Å². The molecule has 1 N–H and O–H groups in total. The number of rotatable bonds is 48. The molecule has 0 spiro atoms. The van der Waals surface area contributed by atoms with Crippen molar-refractivity contribution in [1.82, 2.24) is 0 Å². The fourth-order valence-corrected chi connectivity index (χ4v) is 7.24. The standard InChI is InChI=1S/C64H100NO8P/c1-6-8-10-12-14-16-18-20-22-24-26-28-30-31-32-33-35-37-39-41-43-45-47-49-51-53-55-57-64(67)73-62(61-72-74(68,69)71-59-58-65(3,4)5)60-70-63(66)56-54-52-50-48-46-44-42-40-38-36-34-29-27-25-23-21-19-17-15-13-11-9-7-2/h8-11,14-17,20-23,26-29,31-32,35-38,41-44,47,49,62H,6-7,12-13,18-19,24-25,30,33-34,39-40,45-46,48,50-61H2,1-5H3/p+1/b10-8-,11-9-,16-14-,17-15-,22-20-,23-21-,28-26-,29-27-,32-31-,37-35-,38-36-,43-41-,44-42-,49-47-. The number of nitrogens with zero attached hydrogens (tertiary/aromatic N) is 1. The highest BCUT2D eigenvalue weighted by atomic mass is 31.2. The number of likely N-dealkylation sites (N-methyl/N-ethyl adjacent to an activating group) is 1. The van der Waals surface area contributed by atoms with Crippen LogP contribution in [-0.4, -0.2) is 74.9 Å². The highest BCUT2D eigenvalue weighted by Gasteiger charge is 2.27. The summed E-state index contributed by atoms with van der Waals surface area (Å²) in [6.45, 7) is 4.08. The normalized spacial score (nSPS) is 14.6. The number of carbonyl (C=O) groups excluding carboxylic acids is 2. The van der Waals surface area contributed by atoms with Gasteiger partial charge >= 0.3 is 19.8 Å². The predicted molar refractivity (Wildman–Crippen MR) is 316 cm³/mol. The lowest BCUT2D eigenvalue weighted by molar-refractivity contribution is -0.870. The van der Waals surface area contributed by atoms with Crippen molar-refractivity contribution in [2.24, 2.45) is 0 Å². The predicted octanol–water partition coefficient (Wildman–Crippen LogP) is 17.5. The molecule has 0 aliphatic carbocycles. The zero-order valence-corrected chi connectivity index (χ0v) is 47.6. The summed E-state index contributed by atoms with van der Waals surface area (Å²) in [6, 6.07) is 0. The van der Waals surface area contributed by atoms with Gasteiger partial charge in [0.05, 0.1) is 27.7 Å². The van der Waals surface area contributed by atoms with Crippen molar-refractivity contribution >= 4 is 19.8 Å². The first-order valence-electron chi connectivity index (χ1n) is 27.9. The lowest BCUT2D eigenvalue weighted by Gasteiger charge is -2.24. The number of hydrogen-bond acceptors (Lipinski definition) is 7. The van der Waals surface area contributed by atoms with Gasteiger partial charge in [-0.1, -0.05) is 197 Å². The minimum Gasteiger partial charge on any atom is -0.462 e. The van der Waals surface area contributed by atoms with Gasteiger partial charge in [0.1, 0.15) is 19.8 Å². The Morgan fingerprint density at radius 2 is 0.730 bits per heavy atom. The lowest BCUT2D eigenvalue weighted by atomic mass is 10.1. The lowest BCUT2D eigenvalue weighted by Crippen LogP contribution is -2.37. The van der Waals surface area contributed by atoms with Crippen LogP contribution in [0.5, 0.6) is 0 Å². The maximum atomic E-state index is 12.8. The van der Waals surface area contributed by atoms with Gasteiger partial charge in [-0.3, -0.25) is 18.6 Å². The number of hydrogen-bond donors (Lipinski definition) is 1. The molecule has 2 unspecified atom stereocenters. The maximum absolute atomic E-state index is 12.8. The van der Waals surface area contributed by atoms with Gasteiger partial charge in [0, 0.05) is 12.8 Å². The third-order valence-electron chi connectivity index (χ3n) is 10.7. The molecule has 0 amide bonds. The van der Waals surface area contributed by atoms with Crippen molar-refractivity contribution in [1.29, 1.82) is 0 Å². The third kappa shape index (κ3) is 56.7. The van der Waals surface area contributed by atoms with E-state index < -0.39 is 32.5 Å². The molecule has 0 saturated carbocycles. The number of carbonyl (C=O) groups is 2. The minimum atomic E-state index is -4.42. The summed E-state index contributed by atoms with van der Waals surface area (Å²) in [4.78, 5) is 35.6. The van der Waals surface area contributed by atoms with Gasteiger partial charge in [-0.25, -0.2) is 4.57 Å². The van der Waals surface area contributed by atoms with E-state index in [-0.39, 0.29) is 26.1 Å². The Bertz CT molecular complexity index is 1850. The van der Waals surface area contributed by atoms with Crippen LogP contribution in [0, 0.1) is 0 Å². The second-order valence-electron chi connectivity index (χ2n) is 18.8. The van der Waals surface area contributed by atoms with Crippen LogP contribution in [0.15, 0.2) is 170 Å². The van der Waals surface area contributed by atoms with Crippen molar-refractivity contribution < 1.29 is 42.1 Å². The molecule has 0 radical (unpaired) electrons. The fourth-order valence-electron chi connectivity index (χ4n) is 6.50. The molecule has 0 aromatic rings. The van der Waals surface area contributed by atoms with E-state index in [9.17, 15) is 19.0 Å². The van der Waals surface area contributed by atoms with Crippen LogP contribution in [0.4, 0.5) is 0 Å². The average Bonchev–Trinajstić information content (AvgIpc) is 3.36. The molecule has 0 bridgehead atoms. The van der Waals surface area contributed by atoms with Gasteiger partial charge in [-0.15, -0.1) is 0 Å². The Balaban J connectivity index is 4.41. The topological polar surface area (TPSA) is 108 Å². The molecule has 0 aromatic heterocycles. The largest absolute Gasteiger partial charge is 0.472 e. The Hall–Kier alpha value is -4.63. The van der Waals surface area contributed by atoms with Crippen LogP contribution in [0.2, 0.25) is 0 Å². The fraction of sp³-hybridized carbons (Fsp3) is 0.531. The summed E-state index contributed by atoms with van der Waals surface area (Å²) >= 11 is 0. The second-order valence-corrected chi connectivity index (χ2v) is 20.3. The molecule has 10 heteroatoms. The maximum Gasteiger partial charge on any atom is 0.472 e. The summed E-state index contributed by atoms with van der Waals surface area (Å²) in [6.07, 6.45) is 81.3. The summed E-state index contributed by atoms with van der Waals surface area (Å²) in [7, 11) is 1.40. The van der Waals surface area contributed by atoms with Gasteiger partial charge in [0.2, 0.25) is 0 Å². The Morgan fingerprint density at radius 1 is 0.419 bits per heavy atom. The van der Waals surface area contributed by atoms with Crippen molar-refractivity contribution in [2.75, 3.05) is 47.5 Å². The molecule has 9 nitrogen and oxygen atoms in total. The number of quaternary nitrogens is 1. The second kappa shape index (κ2) is 53.2. The summed E-state index contributed by atoms with van der Waals surface area (Å²) in [5, 5.41) is 0. The molecule has 0 aliphatic heterocycles. The first kappa shape index (κ1) is 69.4. The molecule has 0 rings (SSSR count). The number of phosphoric ester groups is 1. The average molecular weight is 1040 g/mol. The smallest absolute Gasteiger partial charge is 0.462 e. The Morgan fingerprint density at radius 3 is 1.09 bits per heavy atom. The summed E-state index contributed by atoms with van der Waals surface area (Å²) < 4.78 is 34.4. The van der Waals surface area contributed by atoms with Crippen molar-refractivity contribution in [3.8, 4) is 0 Å². The zero-order chi connectivity index (χ0) is 54.2. The van der Waals surface area contributed by atoms with Crippen molar-refractivity contribution in [2.45, 2.75) is 174 Å². The Labute approximate surface area is 451 Å². The molecule has 0 aromatic carbocycles. The van der Waals surface area contributed by atoms with E-state index >= 15 is 0 Å².